The van der Waals surface area contributed by atoms with Gasteiger partial charge in [-0.2, -0.15) is 0 Å². The lowest BCUT2D eigenvalue weighted by Crippen LogP contribution is -2.36. The fourth-order valence-electron chi connectivity index (χ4n) is 3.36. The van der Waals surface area contributed by atoms with E-state index in [4.69, 9.17) is 27.9 Å². The molecule has 0 saturated heterocycles. The number of benzene rings is 2. The summed E-state index contributed by atoms with van der Waals surface area (Å²) < 4.78 is 5.47. The van der Waals surface area contributed by atoms with Gasteiger partial charge in [0, 0.05) is 28.9 Å². The summed E-state index contributed by atoms with van der Waals surface area (Å²) in [4.78, 5) is 26.7. The van der Waals surface area contributed by atoms with Crippen molar-refractivity contribution in [2.24, 2.45) is 5.92 Å². The van der Waals surface area contributed by atoms with Gasteiger partial charge in [-0.3, -0.25) is 9.59 Å². The Hall–Kier alpha value is -2.24. The number of fused-ring (bicyclic) bond motifs is 1. The van der Waals surface area contributed by atoms with Gasteiger partial charge in [0.05, 0.1) is 5.02 Å². The van der Waals surface area contributed by atoms with Crippen LogP contribution in [0.5, 0.6) is 5.75 Å². The first-order chi connectivity index (χ1) is 13.5. The molecule has 2 amide bonds. The lowest BCUT2D eigenvalue weighted by molar-refractivity contribution is -0.120. The van der Waals surface area contributed by atoms with E-state index in [2.05, 4.69) is 5.32 Å². The van der Waals surface area contributed by atoms with Gasteiger partial charge in [0.15, 0.2) is 6.61 Å². The van der Waals surface area contributed by atoms with Crippen molar-refractivity contribution in [3.8, 4) is 5.75 Å². The van der Waals surface area contributed by atoms with Crippen molar-refractivity contribution in [3.63, 3.8) is 0 Å². The Morgan fingerprint density at radius 1 is 1.14 bits per heavy atom. The van der Waals surface area contributed by atoms with Crippen molar-refractivity contribution in [1.29, 1.82) is 0 Å². The molecule has 0 aromatic heterocycles. The average molecular weight is 419 g/mol. The predicted molar refractivity (Wildman–Crippen MR) is 110 cm³/mol. The molecule has 1 fully saturated rings. The number of aryl methyl sites for hydroxylation is 1. The van der Waals surface area contributed by atoms with Crippen molar-refractivity contribution in [3.05, 3.63) is 52.0 Å². The number of amides is 2. The molecule has 1 N–H and O–H groups in total. The number of carbonyl (C=O) groups is 2. The van der Waals surface area contributed by atoms with Crippen LogP contribution >= 0.6 is 23.2 Å². The van der Waals surface area contributed by atoms with Crippen LogP contribution in [-0.4, -0.2) is 25.0 Å². The average Bonchev–Trinajstić information content (AvgIpc) is 3.51. The van der Waals surface area contributed by atoms with Crippen molar-refractivity contribution >= 4 is 46.4 Å². The maximum Gasteiger partial charge on any atom is 0.262 e. The SMILES string of the molecule is O=C(COc1ccc(Cl)cc1Cl)Nc1ccc2c(c1)N(C(=O)C1CC1)CCC2. The summed E-state index contributed by atoms with van der Waals surface area (Å²) in [6, 6.07) is 10.5. The molecule has 1 heterocycles. The van der Waals surface area contributed by atoms with Gasteiger partial charge in [-0.15, -0.1) is 0 Å². The zero-order valence-corrected chi connectivity index (χ0v) is 16.7. The molecule has 4 rings (SSSR count). The van der Waals surface area contributed by atoms with Crippen LogP contribution in [0.25, 0.3) is 0 Å². The van der Waals surface area contributed by atoms with Gasteiger partial charge in [-0.25, -0.2) is 0 Å². The fraction of sp³-hybridized carbons (Fsp3) is 0.333. The summed E-state index contributed by atoms with van der Waals surface area (Å²) >= 11 is 11.9. The number of anilines is 2. The van der Waals surface area contributed by atoms with Crippen LogP contribution in [0.2, 0.25) is 10.0 Å². The molecule has 0 bridgehead atoms. The van der Waals surface area contributed by atoms with Crippen LogP contribution in [0.4, 0.5) is 11.4 Å². The smallest absolute Gasteiger partial charge is 0.262 e. The van der Waals surface area contributed by atoms with E-state index in [9.17, 15) is 9.59 Å². The molecule has 1 aliphatic carbocycles. The number of hydrogen-bond acceptors (Lipinski definition) is 3. The molecule has 0 unspecified atom stereocenters. The molecule has 146 valence electrons. The highest BCUT2D eigenvalue weighted by atomic mass is 35.5. The highest BCUT2D eigenvalue weighted by Gasteiger charge is 2.35. The summed E-state index contributed by atoms with van der Waals surface area (Å²) in [6.45, 7) is 0.557. The van der Waals surface area contributed by atoms with E-state index in [0.717, 1.165) is 43.5 Å². The molecule has 1 aliphatic heterocycles. The third kappa shape index (κ3) is 4.26. The lowest BCUT2D eigenvalue weighted by atomic mass is 10.0. The minimum atomic E-state index is -0.304. The number of ether oxygens (including phenoxy) is 1. The Morgan fingerprint density at radius 3 is 2.71 bits per heavy atom. The number of rotatable bonds is 5. The Balaban J connectivity index is 1.42. The molecular formula is C21H20Cl2N2O3. The quantitative estimate of drug-likeness (QED) is 0.765. The third-order valence-electron chi connectivity index (χ3n) is 4.93. The molecule has 0 radical (unpaired) electrons. The van der Waals surface area contributed by atoms with Crippen molar-refractivity contribution in [2.75, 3.05) is 23.4 Å². The molecule has 2 aliphatic rings. The molecule has 0 spiro atoms. The summed E-state index contributed by atoms with van der Waals surface area (Å²) in [7, 11) is 0. The van der Waals surface area contributed by atoms with Gasteiger partial charge in [-0.05, 0) is 61.6 Å². The number of nitrogens with one attached hydrogen (secondary N) is 1. The van der Waals surface area contributed by atoms with Crippen LogP contribution in [0.15, 0.2) is 36.4 Å². The van der Waals surface area contributed by atoms with Gasteiger partial charge in [0.2, 0.25) is 5.91 Å². The van der Waals surface area contributed by atoms with Gasteiger partial charge in [0.1, 0.15) is 5.75 Å². The second kappa shape index (κ2) is 8.02. The molecule has 28 heavy (non-hydrogen) atoms. The van der Waals surface area contributed by atoms with Crippen LogP contribution in [0.1, 0.15) is 24.8 Å². The topological polar surface area (TPSA) is 58.6 Å². The predicted octanol–water partition coefficient (Wildman–Crippen LogP) is 4.70. The molecule has 5 nitrogen and oxygen atoms in total. The monoisotopic (exact) mass is 418 g/mol. The number of nitrogens with zero attached hydrogens (tertiary/aromatic N) is 1. The normalized spacial score (nSPS) is 15.7. The molecule has 1 saturated carbocycles. The minimum Gasteiger partial charge on any atom is -0.482 e. The Morgan fingerprint density at radius 2 is 1.96 bits per heavy atom. The number of halogens is 2. The second-order valence-corrected chi connectivity index (χ2v) is 7.97. The zero-order valence-electron chi connectivity index (χ0n) is 15.2. The van der Waals surface area contributed by atoms with E-state index in [1.165, 1.54) is 0 Å². The Labute approximate surface area is 173 Å². The van der Waals surface area contributed by atoms with Crippen LogP contribution in [-0.2, 0) is 16.0 Å². The third-order valence-corrected chi connectivity index (χ3v) is 5.46. The van der Waals surface area contributed by atoms with Gasteiger partial charge < -0.3 is 15.0 Å². The van der Waals surface area contributed by atoms with E-state index in [0.29, 0.717) is 21.5 Å². The lowest BCUT2D eigenvalue weighted by Gasteiger charge is -2.30. The summed E-state index contributed by atoms with van der Waals surface area (Å²) in [5, 5.41) is 3.68. The van der Waals surface area contributed by atoms with E-state index >= 15 is 0 Å². The standard InChI is InChI=1S/C21H20Cl2N2O3/c22-15-6-8-19(17(23)10-15)28-12-20(26)24-16-7-5-13-2-1-9-25(18(13)11-16)21(27)14-3-4-14/h5-8,10-11,14H,1-4,9,12H2,(H,24,26). The minimum absolute atomic E-state index is 0.168. The van der Waals surface area contributed by atoms with E-state index < -0.39 is 0 Å². The molecule has 7 heteroatoms. The van der Waals surface area contributed by atoms with Crippen molar-refractivity contribution in [2.45, 2.75) is 25.7 Å². The molecule has 0 atom stereocenters. The van der Waals surface area contributed by atoms with Crippen LogP contribution in [0, 0.1) is 5.92 Å². The first-order valence-electron chi connectivity index (χ1n) is 9.33. The number of hydrogen-bond donors (Lipinski definition) is 1. The maximum absolute atomic E-state index is 12.6. The number of carbonyl (C=O) groups excluding carboxylic acids is 2. The summed E-state index contributed by atoms with van der Waals surface area (Å²) in [5.74, 6) is 0.460. The first-order valence-corrected chi connectivity index (χ1v) is 10.1. The zero-order chi connectivity index (χ0) is 19.7. The highest BCUT2D eigenvalue weighted by molar-refractivity contribution is 6.35. The van der Waals surface area contributed by atoms with E-state index in [1.807, 2.05) is 23.1 Å². The fourth-order valence-corrected chi connectivity index (χ4v) is 3.83. The second-order valence-electron chi connectivity index (χ2n) is 7.12. The highest BCUT2D eigenvalue weighted by Crippen LogP contribution is 2.37. The van der Waals surface area contributed by atoms with Gasteiger partial charge in [0.25, 0.3) is 5.91 Å². The molecular weight excluding hydrogens is 399 g/mol. The summed E-state index contributed by atoms with van der Waals surface area (Å²) in [5.41, 5.74) is 2.69. The van der Waals surface area contributed by atoms with E-state index in [-0.39, 0.29) is 24.3 Å². The Kier molecular flexibility index (Phi) is 5.47. The maximum atomic E-state index is 12.6. The van der Waals surface area contributed by atoms with Crippen LogP contribution in [0.3, 0.4) is 0 Å². The summed E-state index contributed by atoms with van der Waals surface area (Å²) in [6.07, 6.45) is 3.86. The molecule has 2 aromatic rings. The first kappa shape index (κ1) is 19.1. The van der Waals surface area contributed by atoms with Crippen molar-refractivity contribution < 1.29 is 14.3 Å². The van der Waals surface area contributed by atoms with Gasteiger partial charge in [-0.1, -0.05) is 29.3 Å². The van der Waals surface area contributed by atoms with Gasteiger partial charge >= 0.3 is 0 Å². The largest absolute Gasteiger partial charge is 0.482 e. The Bertz CT molecular complexity index is 928. The van der Waals surface area contributed by atoms with Crippen molar-refractivity contribution in [1.82, 2.24) is 0 Å². The molecule has 2 aromatic carbocycles. The van der Waals surface area contributed by atoms with E-state index in [1.54, 1.807) is 18.2 Å². The van der Waals surface area contributed by atoms with Crippen LogP contribution < -0.4 is 15.0 Å².